The quantitative estimate of drug-likeness (QED) is 0.805. The normalized spacial score (nSPS) is 19.6. The van der Waals surface area contributed by atoms with E-state index in [4.69, 9.17) is 5.73 Å². The number of amides is 1. The minimum absolute atomic E-state index is 0.133. The van der Waals surface area contributed by atoms with Gasteiger partial charge in [-0.1, -0.05) is 6.92 Å². The van der Waals surface area contributed by atoms with Gasteiger partial charge in [-0.15, -0.1) is 0 Å². The molecule has 1 saturated heterocycles. The molecule has 1 amide bonds. The molecule has 0 aromatic heterocycles. The molecule has 0 aromatic carbocycles. The molecule has 4 heteroatoms. The highest BCUT2D eigenvalue weighted by molar-refractivity contribution is 5.81. The van der Waals surface area contributed by atoms with Crippen molar-refractivity contribution in [1.29, 1.82) is 0 Å². The molecule has 1 aliphatic rings. The average molecular weight is 255 g/mol. The molecule has 106 valence electrons. The van der Waals surface area contributed by atoms with Crippen LogP contribution in [-0.4, -0.2) is 54.5 Å². The van der Waals surface area contributed by atoms with Crippen molar-refractivity contribution in [2.24, 2.45) is 11.7 Å². The number of carbonyl (C=O) groups is 1. The van der Waals surface area contributed by atoms with E-state index in [1.54, 1.807) is 0 Å². The number of hydrogen-bond acceptors (Lipinski definition) is 3. The summed E-state index contributed by atoms with van der Waals surface area (Å²) in [5, 5.41) is 0. The molecule has 0 aliphatic carbocycles. The summed E-state index contributed by atoms with van der Waals surface area (Å²) in [5.74, 6) is 0.854. The fourth-order valence-corrected chi connectivity index (χ4v) is 2.36. The molecular formula is C14H29N3O. The number of piperidine rings is 1. The lowest BCUT2D eigenvalue weighted by Crippen LogP contribution is -2.48. The second-order valence-corrected chi connectivity index (χ2v) is 5.82. The number of nitrogens with zero attached hydrogens (tertiary/aromatic N) is 2. The summed E-state index contributed by atoms with van der Waals surface area (Å²) >= 11 is 0. The third kappa shape index (κ3) is 4.25. The molecule has 0 unspecified atom stereocenters. The first-order valence-electron chi connectivity index (χ1n) is 7.20. The van der Waals surface area contributed by atoms with Crippen LogP contribution in [0.5, 0.6) is 0 Å². The molecule has 1 atom stereocenters. The maximum atomic E-state index is 12.0. The molecule has 1 heterocycles. The first-order chi connectivity index (χ1) is 8.45. The average Bonchev–Trinajstić information content (AvgIpc) is 2.37. The van der Waals surface area contributed by atoms with Crippen LogP contribution in [0.4, 0.5) is 0 Å². The van der Waals surface area contributed by atoms with E-state index in [-0.39, 0.29) is 11.9 Å². The molecule has 1 rings (SSSR count). The van der Waals surface area contributed by atoms with Crippen molar-refractivity contribution in [1.82, 2.24) is 9.80 Å². The van der Waals surface area contributed by atoms with Crippen LogP contribution < -0.4 is 5.73 Å². The van der Waals surface area contributed by atoms with Gasteiger partial charge in [0.2, 0.25) is 5.91 Å². The Hall–Kier alpha value is -0.610. The third-order valence-corrected chi connectivity index (χ3v) is 4.11. The zero-order valence-corrected chi connectivity index (χ0v) is 12.4. The van der Waals surface area contributed by atoms with Gasteiger partial charge in [0.15, 0.2) is 0 Å². The lowest BCUT2D eigenvalue weighted by molar-refractivity contribution is -0.134. The molecule has 18 heavy (non-hydrogen) atoms. The Labute approximate surface area is 111 Å². The molecule has 1 fully saturated rings. The van der Waals surface area contributed by atoms with Crippen LogP contribution in [-0.2, 0) is 4.79 Å². The van der Waals surface area contributed by atoms with Crippen LogP contribution in [0.2, 0.25) is 0 Å². The summed E-state index contributed by atoms with van der Waals surface area (Å²) in [6.45, 7) is 9.30. The molecule has 0 aromatic rings. The third-order valence-electron chi connectivity index (χ3n) is 4.11. The lowest BCUT2D eigenvalue weighted by atomic mass is 9.95. The van der Waals surface area contributed by atoms with E-state index < -0.39 is 0 Å². The summed E-state index contributed by atoms with van der Waals surface area (Å²) < 4.78 is 0. The minimum atomic E-state index is -0.306. The lowest BCUT2D eigenvalue weighted by Gasteiger charge is -2.35. The molecule has 1 aliphatic heterocycles. The van der Waals surface area contributed by atoms with Gasteiger partial charge < -0.3 is 15.5 Å². The molecule has 0 spiro atoms. The number of carbonyl (C=O) groups excluding carboxylic acids is 1. The summed E-state index contributed by atoms with van der Waals surface area (Å²) in [7, 11) is 2.18. The molecular weight excluding hydrogens is 226 g/mol. The van der Waals surface area contributed by atoms with Crippen LogP contribution in [0.25, 0.3) is 0 Å². The molecule has 0 bridgehead atoms. The van der Waals surface area contributed by atoms with E-state index in [9.17, 15) is 4.79 Å². The minimum Gasteiger partial charge on any atom is -0.341 e. The number of likely N-dealkylation sites (tertiary alicyclic amines) is 1. The van der Waals surface area contributed by atoms with E-state index in [0.29, 0.717) is 6.04 Å². The van der Waals surface area contributed by atoms with Gasteiger partial charge in [0.1, 0.15) is 0 Å². The standard InChI is InChI=1S/C14H29N3O/c1-5-13(15)14(18)17-8-6-12(7-9-17)10-16(4)11(2)3/h11-13H,5-10,15H2,1-4H3/t13-/m1/s1. The van der Waals surface area contributed by atoms with Gasteiger partial charge in [-0.3, -0.25) is 4.79 Å². The Morgan fingerprint density at radius 1 is 1.39 bits per heavy atom. The van der Waals surface area contributed by atoms with Crippen LogP contribution in [0.3, 0.4) is 0 Å². The van der Waals surface area contributed by atoms with Crippen molar-refractivity contribution >= 4 is 5.91 Å². The van der Waals surface area contributed by atoms with E-state index in [1.807, 2.05) is 11.8 Å². The summed E-state index contributed by atoms with van der Waals surface area (Å²) in [6.07, 6.45) is 2.95. The van der Waals surface area contributed by atoms with Gasteiger partial charge in [0.25, 0.3) is 0 Å². The van der Waals surface area contributed by atoms with Crippen LogP contribution in [0.15, 0.2) is 0 Å². The predicted molar refractivity (Wildman–Crippen MR) is 75.3 cm³/mol. The molecule has 4 nitrogen and oxygen atoms in total. The van der Waals surface area contributed by atoms with E-state index >= 15 is 0 Å². The predicted octanol–water partition coefficient (Wildman–Crippen LogP) is 1.30. The van der Waals surface area contributed by atoms with E-state index in [2.05, 4.69) is 25.8 Å². The van der Waals surface area contributed by atoms with Gasteiger partial charge in [-0.25, -0.2) is 0 Å². The summed E-state index contributed by atoms with van der Waals surface area (Å²) in [4.78, 5) is 16.3. The van der Waals surface area contributed by atoms with Gasteiger partial charge >= 0.3 is 0 Å². The van der Waals surface area contributed by atoms with Gasteiger partial charge in [-0.2, -0.15) is 0 Å². The van der Waals surface area contributed by atoms with E-state index in [1.165, 1.54) is 0 Å². The van der Waals surface area contributed by atoms with Crippen molar-refractivity contribution in [3.05, 3.63) is 0 Å². The molecule has 0 radical (unpaired) electrons. The topological polar surface area (TPSA) is 49.6 Å². The van der Waals surface area contributed by atoms with Crippen molar-refractivity contribution in [2.45, 2.75) is 52.1 Å². The highest BCUT2D eigenvalue weighted by Crippen LogP contribution is 2.19. The Kier molecular flexibility index (Phi) is 6.09. The smallest absolute Gasteiger partial charge is 0.239 e. The summed E-state index contributed by atoms with van der Waals surface area (Å²) in [6, 6.07) is 0.290. The zero-order chi connectivity index (χ0) is 13.7. The fourth-order valence-electron chi connectivity index (χ4n) is 2.36. The first kappa shape index (κ1) is 15.4. The van der Waals surface area contributed by atoms with Crippen LogP contribution in [0.1, 0.15) is 40.0 Å². The van der Waals surface area contributed by atoms with Crippen molar-refractivity contribution < 1.29 is 4.79 Å². The Morgan fingerprint density at radius 2 is 1.94 bits per heavy atom. The SMILES string of the molecule is CC[C@@H](N)C(=O)N1CCC(CN(C)C(C)C)CC1. The van der Waals surface area contributed by atoms with Gasteiger partial charge in [0, 0.05) is 25.7 Å². The highest BCUT2D eigenvalue weighted by atomic mass is 16.2. The summed E-state index contributed by atoms with van der Waals surface area (Å²) in [5.41, 5.74) is 5.80. The monoisotopic (exact) mass is 255 g/mol. The van der Waals surface area contributed by atoms with E-state index in [0.717, 1.165) is 44.8 Å². The van der Waals surface area contributed by atoms with Gasteiger partial charge in [0.05, 0.1) is 6.04 Å². The highest BCUT2D eigenvalue weighted by Gasteiger charge is 2.26. The molecule has 2 N–H and O–H groups in total. The van der Waals surface area contributed by atoms with Crippen LogP contribution in [0, 0.1) is 5.92 Å². The first-order valence-corrected chi connectivity index (χ1v) is 7.20. The van der Waals surface area contributed by atoms with Crippen molar-refractivity contribution in [3.63, 3.8) is 0 Å². The molecule has 0 saturated carbocycles. The maximum absolute atomic E-state index is 12.0. The number of rotatable bonds is 5. The zero-order valence-electron chi connectivity index (χ0n) is 12.4. The number of hydrogen-bond donors (Lipinski definition) is 1. The van der Waals surface area contributed by atoms with Gasteiger partial charge in [-0.05, 0) is 46.1 Å². The Bertz CT molecular complexity index is 260. The number of nitrogens with two attached hydrogens (primary N) is 1. The maximum Gasteiger partial charge on any atom is 0.239 e. The Balaban J connectivity index is 2.35. The second-order valence-electron chi connectivity index (χ2n) is 5.82. The largest absolute Gasteiger partial charge is 0.341 e. The second kappa shape index (κ2) is 7.10. The van der Waals surface area contributed by atoms with Crippen molar-refractivity contribution in [2.75, 3.05) is 26.7 Å². The van der Waals surface area contributed by atoms with Crippen LogP contribution >= 0.6 is 0 Å². The Morgan fingerprint density at radius 3 is 2.39 bits per heavy atom. The van der Waals surface area contributed by atoms with Crippen molar-refractivity contribution in [3.8, 4) is 0 Å². The fraction of sp³-hybridized carbons (Fsp3) is 0.929.